The van der Waals surface area contributed by atoms with E-state index in [4.69, 9.17) is 9.47 Å². The minimum atomic E-state index is -0.424. The van der Waals surface area contributed by atoms with Crippen LogP contribution >= 0.6 is 23.1 Å². The summed E-state index contributed by atoms with van der Waals surface area (Å²) in [6.07, 6.45) is 5.09. The molecule has 0 aliphatic rings. The molecule has 4 aromatic rings. The number of carbonyl (C=O) groups excluding carboxylic acids is 2. The van der Waals surface area contributed by atoms with Gasteiger partial charge in [0.2, 0.25) is 0 Å². The number of esters is 1. The van der Waals surface area contributed by atoms with Gasteiger partial charge in [0.1, 0.15) is 16.6 Å². The van der Waals surface area contributed by atoms with Crippen LogP contribution in [-0.2, 0) is 16.1 Å². The molecule has 0 saturated heterocycles. The van der Waals surface area contributed by atoms with Crippen molar-refractivity contribution in [2.24, 2.45) is 0 Å². The second-order valence-corrected chi connectivity index (χ2v) is 9.28. The summed E-state index contributed by atoms with van der Waals surface area (Å²) in [4.78, 5) is 39.7. The lowest BCUT2D eigenvalue weighted by atomic mass is 10.1. The van der Waals surface area contributed by atoms with Crippen molar-refractivity contribution in [2.75, 3.05) is 18.5 Å². The molecule has 180 valence electrons. The van der Waals surface area contributed by atoms with Crippen LogP contribution in [0, 0.1) is 0 Å². The number of anilines is 1. The predicted molar refractivity (Wildman–Crippen MR) is 132 cm³/mol. The summed E-state index contributed by atoms with van der Waals surface area (Å²) in [5, 5.41) is 6.82. The van der Waals surface area contributed by atoms with Crippen LogP contribution in [0.1, 0.15) is 12.7 Å². The lowest BCUT2D eigenvalue weighted by Gasteiger charge is -2.07. The van der Waals surface area contributed by atoms with E-state index < -0.39 is 5.97 Å². The van der Waals surface area contributed by atoms with Gasteiger partial charge < -0.3 is 19.8 Å². The van der Waals surface area contributed by atoms with Gasteiger partial charge in [0.05, 0.1) is 35.4 Å². The zero-order valence-corrected chi connectivity index (χ0v) is 20.3. The van der Waals surface area contributed by atoms with Gasteiger partial charge in [0.15, 0.2) is 11.7 Å². The number of ether oxygens (including phenoxy) is 2. The number of nitrogens with one attached hydrogen (secondary N) is 3. The lowest BCUT2D eigenvalue weighted by Crippen LogP contribution is -2.28. The Morgan fingerprint density at radius 2 is 2.03 bits per heavy atom. The molecule has 3 aromatic heterocycles. The molecule has 0 aliphatic carbocycles. The molecular weight excluding hydrogens is 488 g/mol. The normalized spacial score (nSPS) is 10.5. The molecule has 0 unspecified atom stereocenters. The highest BCUT2D eigenvalue weighted by molar-refractivity contribution is 8.01. The summed E-state index contributed by atoms with van der Waals surface area (Å²) in [5.74, 6) is 0.693. The van der Waals surface area contributed by atoms with Crippen LogP contribution in [0.25, 0.3) is 11.3 Å². The zero-order chi connectivity index (χ0) is 24.5. The minimum absolute atomic E-state index is 0.160. The van der Waals surface area contributed by atoms with Gasteiger partial charge >= 0.3 is 12.0 Å². The number of rotatable bonds is 10. The number of nitrogens with zero attached hydrogens (tertiary/aromatic N) is 3. The summed E-state index contributed by atoms with van der Waals surface area (Å²) >= 11 is 2.84. The molecule has 0 fully saturated rings. The van der Waals surface area contributed by atoms with E-state index in [1.807, 2.05) is 30.3 Å². The Kier molecular flexibility index (Phi) is 8.30. The number of carbonyl (C=O) groups is 2. The Bertz CT molecular complexity index is 1280. The third-order valence-electron chi connectivity index (χ3n) is 4.40. The van der Waals surface area contributed by atoms with Crippen molar-refractivity contribution < 1.29 is 19.1 Å². The average Bonchev–Trinajstić information content (AvgIpc) is 3.52. The van der Waals surface area contributed by atoms with E-state index >= 15 is 0 Å². The van der Waals surface area contributed by atoms with Crippen LogP contribution in [0.15, 0.2) is 70.3 Å². The topological polar surface area (TPSA) is 131 Å². The number of aromatic amines is 1. The first-order valence-electron chi connectivity index (χ1n) is 10.6. The Morgan fingerprint density at radius 1 is 1.11 bits per heavy atom. The van der Waals surface area contributed by atoms with Gasteiger partial charge in [-0.05, 0) is 31.2 Å². The van der Waals surface area contributed by atoms with Crippen LogP contribution < -0.4 is 15.4 Å². The number of H-pyrrole nitrogens is 1. The number of urea groups is 1. The second-order valence-electron chi connectivity index (χ2n) is 6.93. The summed E-state index contributed by atoms with van der Waals surface area (Å²) in [5.41, 5.74) is 1.58. The van der Waals surface area contributed by atoms with Crippen molar-refractivity contribution >= 4 is 40.2 Å². The molecule has 0 atom stereocenters. The SMILES string of the molecule is CCOC(=O)COc1cccc(-c2cnc(CNC(=O)Nc3ncc(Sc4ccccn4)s3)[nH]2)c1. The van der Waals surface area contributed by atoms with Crippen molar-refractivity contribution in [3.05, 3.63) is 66.9 Å². The van der Waals surface area contributed by atoms with E-state index in [1.165, 1.54) is 23.1 Å². The van der Waals surface area contributed by atoms with Gasteiger partial charge in [-0.25, -0.2) is 24.5 Å². The Hall–Kier alpha value is -3.90. The zero-order valence-electron chi connectivity index (χ0n) is 18.7. The van der Waals surface area contributed by atoms with E-state index in [0.717, 1.165) is 20.5 Å². The van der Waals surface area contributed by atoms with E-state index in [9.17, 15) is 9.59 Å². The highest BCUT2D eigenvalue weighted by Crippen LogP contribution is 2.32. The molecule has 3 N–H and O–H groups in total. The number of pyridine rings is 1. The molecular formula is C23H22N6O4S2. The quantitative estimate of drug-likeness (QED) is 0.269. The molecule has 0 bridgehead atoms. The second kappa shape index (κ2) is 12.0. The fraction of sp³-hybridized carbons (Fsp3) is 0.174. The molecule has 3 heterocycles. The molecule has 0 aliphatic heterocycles. The van der Waals surface area contributed by atoms with Crippen molar-refractivity contribution in [3.8, 4) is 17.0 Å². The fourth-order valence-electron chi connectivity index (χ4n) is 2.88. The molecule has 35 heavy (non-hydrogen) atoms. The average molecular weight is 511 g/mol. The monoisotopic (exact) mass is 510 g/mol. The van der Waals surface area contributed by atoms with E-state index in [2.05, 4.69) is 30.6 Å². The molecule has 2 amide bonds. The number of benzene rings is 1. The molecule has 4 rings (SSSR count). The lowest BCUT2D eigenvalue weighted by molar-refractivity contribution is -0.145. The van der Waals surface area contributed by atoms with Crippen LogP contribution in [0.2, 0.25) is 0 Å². The number of aromatic nitrogens is 4. The van der Waals surface area contributed by atoms with Crippen molar-refractivity contribution in [1.29, 1.82) is 0 Å². The highest BCUT2D eigenvalue weighted by atomic mass is 32.2. The number of hydrogen-bond acceptors (Lipinski definition) is 9. The third kappa shape index (κ3) is 7.29. The van der Waals surface area contributed by atoms with E-state index in [1.54, 1.807) is 37.6 Å². The van der Waals surface area contributed by atoms with Crippen molar-refractivity contribution in [1.82, 2.24) is 25.3 Å². The Morgan fingerprint density at radius 3 is 2.86 bits per heavy atom. The smallest absolute Gasteiger partial charge is 0.344 e. The maximum absolute atomic E-state index is 12.3. The van der Waals surface area contributed by atoms with E-state index in [0.29, 0.717) is 23.3 Å². The van der Waals surface area contributed by atoms with Crippen LogP contribution in [0.4, 0.5) is 9.93 Å². The molecule has 0 spiro atoms. The van der Waals surface area contributed by atoms with Crippen molar-refractivity contribution in [3.63, 3.8) is 0 Å². The molecule has 0 saturated carbocycles. The molecule has 0 radical (unpaired) electrons. The largest absolute Gasteiger partial charge is 0.482 e. The van der Waals surface area contributed by atoms with Gasteiger partial charge in [-0.2, -0.15) is 0 Å². The summed E-state index contributed by atoms with van der Waals surface area (Å²) in [6.45, 7) is 2.09. The first-order valence-corrected chi connectivity index (χ1v) is 12.2. The fourth-order valence-corrected chi connectivity index (χ4v) is 4.65. The van der Waals surface area contributed by atoms with Crippen LogP contribution in [0.3, 0.4) is 0 Å². The molecule has 12 heteroatoms. The standard InChI is InChI=1S/C23H22N6O4S2/c1-2-32-20(30)14-33-16-7-5-6-15(10-16)17-11-25-18(28-17)12-26-22(31)29-23-27-13-21(35-23)34-19-8-3-4-9-24-19/h3-11,13H,2,12,14H2,1H3,(H,25,28)(H2,26,27,29,31). The van der Waals surface area contributed by atoms with Gasteiger partial charge in [0, 0.05) is 11.8 Å². The van der Waals surface area contributed by atoms with E-state index in [-0.39, 0.29) is 19.2 Å². The molecule has 10 nitrogen and oxygen atoms in total. The Labute approximate surface area is 209 Å². The summed E-state index contributed by atoms with van der Waals surface area (Å²) in [7, 11) is 0. The number of thiazole rings is 1. The molecule has 1 aromatic carbocycles. The maximum Gasteiger partial charge on any atom is 0.344 e. The van der Waals surface area contributed by atoms with Crippen molar-refractivity contribution in [2.45, 2.75) is 22.7 Å². The minimum Gasteiger partial charge on any atom is -0.482 e. The summed E-state index contributed by atoms with van der Waals surface area (Å²) in [6, 6.07) is 12.5. The maximum atomic E-state index is 12.3. The van der Waals surface area contributed by atoms with Gasteiger partial charge in [-0.3, -0.25) is 5.32 Å². The number of hydrogen-bond donors (Lipinski definition) is 3. The first-order chi connectivity index (χ1) is 17.1. The third-order valence-corrected chi connectivity index (χ3v) is 6.36. The van der Waals surface area contributed by atoms with Gasteiger partial charge in [-0.1, -0.05) is 41.3 Å². The van der Waals surface area contributed by atoms with Gasteiger partial charge in [-0.15, -0.1) is 0 Å². The van der Waals surface area contributed by atoms with Crippen LogP contribution in [-0.4, -0.2) is 45.2 Å². The first kappa shape index (κ1) is 24.2. The highest BCUT2D eigenvalue weighted by Gasteiger charge is 2.10. The Balaban J connectivity index is 1.27. The van der Waals surface area contributed by atoms with Crippen LogP contribution in [0.5, 0.6) is 5.75 Å². The number of imidazole rings is 1. The van der Waals surface area contributed by atoms with Gasteiger partial charge in [0.25, 0.3) is 0 Å². The summed E-state index contributed by atoms with van der Waals surface area (Å²) < 4.78 is 11.3. The number of amides is 2. The predicted octanol–water partition coefficient (Wildman–Crippen LogP) is 4.34.